The van der Waals surface area contributed by atoms with Crippen molar-refractivity contribution in [3.05, 3.63) is 70.7 Å². The molecule has 4 rings (SSSR count). The molecule has 2 fully saturated rings. The molecule has 0 aliphatic carbocycles. The molecule has 0 spiro atoms. The van der Waals surface area contributed by atoms with Gasteiger partial charge in [-0.15, -0.1) is 0 Å². The molecule has 2 heterocycles. The quantitative estimate of drug-likeness (QED) is 0.746. The minimum Gasteiger partial charge on any atom is -0.340 e. The van der Waals surface area contributed by atoms with Crippen molar-refractivity contribution in [3.8, 4) is 0 Å². The highest BCUT2D eigenvalue weighted by Gasteiger charge is 2.31. The summed E-state index contributed by atoms with van der Waals surface area (Å²) in [6.07, 6.45) is 2.08. The van der Waals surface area contributed by atoms with Crippen LogP contribution in [0, 0.1) is 5.92 Å². The Labute approximate surface area is 179 Å². The number of rotatable bonds is 5. The maximum atomic E-state index is 13.1. The second-order valence-corrected chi connectivity index (χ2v) is 8.66. The van der Waals surface area contributed by atoms with Gasteiger partial charge in [0.15, 0.2) is 0 Å². The lowest BCUT2D eigenvalue weighted by Gasteiger charge is -2.39. The number of piperazine rings is 1. The summed E-state index contributed by atoms with van der Waals surface area (Å²) in [5.74, 6) is 0.458. The highest BCUT2D eigenvalue weighted by Crippen LogP contribution is 2.24. The van der Waals surface area contributed by atoms with E-state index in [-0.39, 0.29) is 5.92 Å². The smallest absolute Gasteiger partial charge is 0.227 e. The lowest BCUT2D eigenvalue weighted by Crippen LogP contribution is -2.52. The van der Waals surface area contributed by atoms with Crippen molar-refractivity contribution in [2.45, 2.75) is 25.9 Å². The molecule has 5 heteroatoms. The van der Waals surface area contributed by atoms with E-state index in [0.29, 0.717) is 5.91 Å². The third-order valence-corrected chi connectivity index (χ3v) is 6.51. The van der Waals surface area contributed by atoms with Crippen LogP contribution in [0.2, 0.25) is 5.02 Å². The summed E-state index contributed by atoms with van der Waals surface area (Å²) < 4.78 is 0. The summed E-state index contributed by atoms with van der Waals surface area (Å²) in [6, 6.07) is 18.6. The predicted octanol–water partition coefficient (Wildman–Crippen LogP) is 3.90. The van der Waals surface area contributed by atoms with Crippen LogP contribution in [0.15, 0.2) is 54.6 Å². The van der Waals surface area contributed by atoms with Gasteiger partial charge in [-0.3, -0.25) is 14.6 Å². The van der Waals surface area contributed by atoms with E-state index in [4.69, 9.17) is 11.6 Å². The zero-order valence-corrected chi connectivity index (χ0v) is 17.7. The number of amides is 1. The van der Waals surface area contributed by atoms with Crippen molar-refractivity contribution in [2.24, 2.45) is 5.92 Å². The second kappa shape index (κ2) is 9.75. The molecule has 0 radical (unpaired) electrons. The highest BCUT2D eigenvalue weighted by molar-refractivity contribution is 6.31. The number of likely N-dealkylation sites (tertiary alicyclic amines) is 1. The van der Waals surface area contributed by atoms with E-state index in [9.17, 15) is 4.79 Å². The highest BCUT2D eigenvalue weighted by atomic mass is 35.5. The summed E-state index contributed by atoms with van der Waals surface area (Å²) in [5.41, 5.74) is 2.49. The first kappa shape index (κ1) is 20.4. The van der Waals surface area contributed by atoms with Gasteiger partial charge in [0.25, 0.3) is 0 Å². The van der Waals surface area contributed by atoms with Gasteiger partial charge in [0.05, 0.1) is 5.92 Å². The monoisotopic (exact) mass is 411 g/mol. The fourth-order valence-corrected chi connectivity index (χ4v) is 4.69. The van der Waals surface area contributed by atoms with Gasteiger partial charge in [-0.05, 0) is 36.6 Å². The zero-order valence-electron chi connectivity index (χ0n) is 17.0. The maximum Gasteiger partial charge on any atom is 0.227 e. The van der Waals surface area contributed by atoms with E-state index in [1.807, 2.05) is 18.2 Å². The number of piperidine rings is 1. The number of hydrogen-bond acceptors (Lipinski definition) is 3. The average molecular weight is 412 g/mol. The van der Waals surface area contributed by atoms with Gasteiger partial charge in [0.1, 0.15) is 0 Å². The van der Waals surface area contributed by atoms with Gasteiger partial charge < -0.3 is 4.90 Å². The largest absolute Gasteiger partial charge is 0.340 e. The summed E-state index contributed by atoms with van der Waals surface area (Å²) in [7, 11) is 0. The predicted molar refractivity (Wildman–Crippen MR) is 118 cm³/mol. The average Bonchev–Trinajstić information content (AvgIpc) is 2.76. The SMILES string of the molecule is O=C([C@H]1CCCN(Cc2ccccc2Cl)C1)N1CCN(Cc2ccccc2)CC1. The first-order chi connectivity index (χ1) is 14.2. The number of nitrogens with zero attached hydrogens (tertiary/aromatic N) is 3. The van der Waals surface area contributed by atoms with Crippen molar-refractivity contribution < 1.29 is 4.79 Å². The molecule has 2 aromatic rings. The second-order valence-electron chi connectivity index (χ2n) is 8.25. The molecule has 0 bridgehead atoms. The van der Waals surface area contributed by atoms with Crippen molar-refractivity contribution in [1.29, 1.82) is 0 Å². The fraction of sp³-hybridized carbons (Fsp3) is 0.458. The first-order valence-electron chi connectivity index (χ1n) is 10.7. The molecule has 2 aromatic carbocycles. The maximum absolute atomic E-state index is 13.1. The van der Waals surface area contributed by atoms with Gasteiger partial charge >= 0.3 is 0 Å². The lowest BCUT2D eigenvalue weighted by molar-refractivity contribution is -0.139. The minimum atomic E-state index is 0.118. The molecule has 4 nitrogen and oxygen atoms in total. The number of halogens is 1. The van der Waals surface area contributed by atoms with E-state index in [0.717, 1.165) is 75.8 Å². The molecular formula is C24H30ClN3O. The van der Waals surface area contributed by atoms with Gasteiger partial charge in [-0.1, -0.05) is 60.1 Å². The van der Waals surface area contributed by atoms with Gasteiger partial charge in [0, 0.05) is 50.8 Å². The Bertz CT molecular complexity index is 805. The van der Waals surface area contributed by atoms with E-state index in [2.05, 4.69) is 51.1 Å². The van der Waals surface area contributed by atoms with Crippen LogP contribution in [0.3, 0.4) is 0 Å². The first-order valence-corrected chi connectivity index (χ1v) is 11.1. The topological polar surface area (TPSA) is 26.8 Å². The van der Waals surface area contributed by atoms with Crippen molar-refractivity contribution in [2.75, 3.05) is 39.3 Å². The third kappa shape index (κ3) is 5.39. The molecule has 0 N–H and O–H groups in total. The normalized spacial score (nSPS) is 21.3. The Morgan fingerprint density at radius 1 is 0.862 bits per heavy atom. The number of carbonyl (C=O) groups excluding carboxylic acids is 1. The lowest BCUT2D eigenvalue weighted by atomic mass is 9.95. The molecule has 2 aliphatic heterocycles. The molecular weight excluding hydrogens is 382 g/mol. The molecule has 0 saturated carbocycles. The Morgan fingerprint density at radius 2 is 1.59 bits per heavy atom. The number of hydrogen-bond donors (Lipinski definition) is 0. The Balaban J connectivity index is 1.27. The van der Waals surface area contributed by atoms with Crippen LogP contribution in [-0.2, 0) is 17.9 Å². The molecule has 0 aromatic heterocycles. The Kier molecular flexibility index (Phi) is 6.86. The van der Waals surface area contributed by atoms with E-state index in [1.54, 1.807) is 0 Å². The van der Waals surface area contributed by atoms with Gasteiger partial charge in [0.2, 0.25) is 5.91 Å². The van der Waals surface area contributed by atoms with Crippen LogP contribution >= 0.6 is 11.6 Å². The molecule has 1 atom stereocenters. The van der Waals surface area contributed by atoms with E-state index in [1.165, 1.54) is 5.56 Å². The molecule has 2 aliphatic rings. The van der Waals surface area contributed by atoms with Crippen molar-refractivity contribution in [1.82, 2.24) is 14.7 Å². The Hall–Kier alpha value is -1.88. The van der Waals surface area contributed by atoms with Gasteiger partial charge in [-0.25, -0.2) is 0 Å². The van der Waals surface area contributed by atoms with Crippen LogP contribution in [0.4, 0.5) is 0 Å². The Morgan fingerprint density at radius 3 is 2.34 bits per heavy atom. The molecule has 1 amide bonds. The van der Waals surface area contributed by atoms with Gasteiger partial charge in [-0.2, -0.15) is 0 Å². The summed E-state index contributed by atoms with van der Waals surface area (Å²) in [6.45, 7) is 7.27. The van der Waals surface area contributed by atoms with Crippen molar-refractivity contribution >= 4 is 17.5 Å². The zero-order chi connectivity index (χ0) is 20.1. The molecule has 0 unspecified atom stereocenters. The molecule has 29 heavy (non-hydrogen) atoms. The van der Waals surface area contributed by atoms with Crippen LogP contribution in [0.5, 0.6) is 0 Å². The summed E-state index contributed by atoms with van der Waals surface area (Å²) in [4.78, 5) is 20.1. The van der Waals surface area contributed by atoms with Crippen LogP contribution in [-0.4, -0.2) is 59.9 Å². The van der Waals surface area contributed by atoms with E-state index < -0.39 is 0 Å². The summed E-state index contributed by atoms with van der Waals surface area (Å²) >= 11 is 6.33. The third-order valence-electron chi connectivity index (χ3n) is 6.14. The minimum absolute atomic E-state index is 0.118. The molecule has 2 saturated heterocycles. The van der Waals surface area contributed by atoms with E-state index >= 15 is 0 Å². The fourth-order valence-electron chi connectivity index (χ4n) is 4.49. The van der Waals surface area contributed by atoms with Crippen LogP contribution in [0.1, 0.15) is 24.0 Å². The standard InChI is InChI=1S/C24H30ClN3O/c25-23-11-5-4-9-21(23)18-27-12-6-10-22(19-27)24(29)28-15-13-26(14-16-28)17-20-7-2-1-3-8-20/h1-5,7-9,11,22H,6,10,12-19H2/t22-/m0/s1. The van der Waals surface area contributed by atoms with Crippen LogP contribution < -0.4 is 0 Å². The van der Waals surface area contributed by atoms with Crippen LogP contribution in [0.25, 0.3) is 0 Å². The molecule has 154 valence electrons. The van der Waals surface area contributed by atoms with Crippen molar-refractivity contribution in [3.63, 3.8) is 0 Å². The number of benzene rings is 2. The summed E-state index contributed by atoms with van der Waals surface area (Å²) in [5, 5.41) is 0.815. The number of carbonyl (C=O) groups is 1.